The Kier molecular flexibility index (Phi) is 2.89. The minimum absolute atomic E-state index is 0.153. The molecule has 2 atom stereocenters. The van der Waals surface area contributed by atoms with E-state index in [4.69, 9.17) is 10.00 Å². The van der Waals surface area contributed by atoms with E-state index < -0.39 is 6.10 Å². The van der Waals surface area contributed by atoms with E-state index in [0.29, 0.717) is 11.3 Å². The van der Waals surface area contributed by atoms with Crippen LogP contribution in [0.2, 0.25) is 0 Å². The highest BCUT2D eigenvalue weighted by Crippen LogP contribution is 2.26. The molecule has 3 nitrogen and oxygen atoms in total. The van der Waals surface area contributed by atoms with Crippen LogP contribution in [0.3, 0.4) is 0 Å². The van der Waals surface area contributed by atoms with Crippen molar-refractivity contribution in [2.45, 2.75) is 31.5 Å². The fourth-order valence-corrected chi connectivity index (χ4v) is 1.87. The van der Waals surface area contributed by atoms with E-state index in [1.807, 2.05) is 6.07 Å². The molecule has 0 aliphatic heterocycles. The molecule has 0 amide bonds. The molecule has 0 unspecified atom stereocenters. The van der Waals surface area contributed by atoms with Gasteiger partial charge in [0.2, 0.25) is 0 Å². The van der Waals surface area contributed by atoms with E-state index in [0.717, 1.165) is 19.3 Å². The van der Waals surface area contributed by atoms with Gasteiger partial charge in [0.15, 0.2) is 0 Å². The molecule has 0 saturated heterocycles. The van der Waals surface area contributed by atoms with Crippen molar-refractivity contribution in [3.8, 4) is 11.8 Å². The predicted molar refractivity (Wildman–Crippen MR) is 55.4 cm³/mol. The Balaban J connectivity index is 2.14. The maximum Gasteiger partial charge on any atom is 0.137 e. The van der Waals surface area contributed by atoms with Crippen molar-refractivity contribution in [3.63, 3.8) is 0 Å². The summed E-state index contributed by atoms with van der Waals surface area (Å²) in [6.45, 7) is 0. The molecular weight excluding hydrogens is 190 g/mol. The molecule has 1 fully saturated rings. The third-order valence-electron chi connectivity index (χ3n) is 2.70. The number of hydrogen-bond donors (Lipinski definition) is 1. The van der Waals surface area contributed by atoms with Gasteiger partial charge >= 0.3 is 0 Å². The lowest BCUT2D eigenvalue weighted by atomic mass is 10.2. The van der Waals surface area contributed by atoms with Crippen LogP contribution in [0.5, 0.6) is 5.75 Å². The summed E-state index contributed by atoms with van der Waals surface area (Å²) in [6.07, 6.45) is 2.09. The van der Waals surface area contributed by atoms with Crippen LogP contribution in [0.1, 0.15) is 24.8 Å². The van der Waals surface area contributed by atoms with Crippen LogP contribution < -0.4 is 4.74 Å². The van der Waals surface area contributed by atoms with Gasteiger partial charge in [-0.15, -0.1) is 0 Å². The van der Waals surface area contributed by atoms with E-state index >= 15 is 0 Å². The topological polar surface area (TPSA) is 53.2 Å². The van der Waals surface area contributed by atoms with Crippen molar-refractivity contribution in [2.24, 2.45) is 0 Å². The molecule has 15 heavy (non-hydrogen) atoms. The number of ether oxygens (including phenoxy) is 1. The van der Waals surface area contributed by atoms with Gasteiger partial charge in [-0.2, -0.15) is 5.26 Å². The van der Waals surface area contributed by atoms with E-state index in [2.05, 4.69) is 6.07 Å². The lowest BCUT2D eigenvalue weighted by Gasteiger charge is -2.17. The van der Waals surface area contributed by atoms with E-state index in [1.54, 1.807) is 18.2 Å². The van der Waals surface area contributed by atoms with Crippen LogP contribution in [-0.2, 0) is 0 Å². The van der Waals surface area contributed by atoms with Gasteiger partial charge in [-0.1, -0.05) is 12.1 Å². The number of aliphatic hydroxyl groups excluding tert-OH is 1. The van der Waals surface area contributed by atoms with Crippen molar-refractivity contribution in [3.05, 3.63) is 29.8 Å². The van der Waals surface area contributed by atoms with Crippen LogP contribution in [0.15, 0.2) is 24.3 Å². The number of aliphatic hydroxyl groups is 1. The monoisotopic (exact) mass is 203 g/mol. The number of rotatable bonds is 2. The van der Waals surface area contributed by atoms with Gasteiger partial charge in [0.05, 0.1) is 11.7 Å². The number of hydrogen-bond acceptors (Lipinski definition) is 3. The maximum absolute atomic E-state index is 9.61. The Hall–Kier alpha value is -1.53. The second kappa shape index (κ2) is 4.33. The molecule has 1 aliphatic carbocycles. The summed E-state index contributed by atoms with van der Waals surface area (Å²) >= 11 is 0. The zero-order chi connectivity index (χ0) is 10.7. The first kappa shape index (κ1) is 10.0. The zero-order valence-electron chi connectivity index (χ0n) is 8.39. The Morgan fingerprint density at radius 3 is 2.80 bits per heavy atom. The Morgan fingerprint density at radius 1 is 1.33 bits per heavy atom. The van der Waals surface area contributed by atoms with Gasteiger partial charge in [-0.25, -0.2) is 0 Å². The summed E-state index contributed by atoms with van der Waals surface area (Å²) in [6, 6.07) is 9.20. The summed E-state index contributed by atoms with van der Waals surface area (Å²) in [5.41, 5.74) is 0.525. The number of para-hydroxylation sites is 1. The van der Waals surface area contributed by atoms with Crippen LogP contribution in [-0.4, -0.2) is 17.3 Å². The molecule has 1 aromatic rings. The first-order valence-corrected chi connectivity index (χ1v) is 5.15. The SMILES string of the molecule is N#Cc1ccccc1O[C@@H]1CCC[C@H]1O. The Morgan fingerprint density at radius 2 is 2.13 bits per heavy atom. The molecule has 0 heterocycles. The Bertz CT molecular complexity index is 383. The van der Waals surface area contributed by atoms with E-state index in [9.17, 15) is 5.11 Å². The molecule has 1 saturated carbocycles. The molecule has 0 aromatic heterocycles. The minimum Gasteiger partial charge on any atom is -0.486 e. The summed E-state index contributed by atoms with van der Waals surface area (Å²) in [7, 11) is 0. The first-order chi connectivity index (χ1) is 7.31. The second-order valence-corrected chi connectivity index (χ2v) is 3.76. The average molecular weight is 203 g/mol. The van der Waals surface area contributed by atoms with Crippen molar-refractivity contribution in [1.29, 1.82) is 5.26 Å². The lowest BCUT2D eigenvalue weighted by molar-refractivity contribution is 0.0602. The largest absolute Gasteiger partial charge is 0.486 e. The summed E-state index contributed by atoms with van der Waals surface area (Å²) in [4.78, 5) is 0. The van der Waals surface area contributed by atoms with Gasteiger partial charge in [0, 0.05) is 0 Å². The lowest BCUT2D eigenvalue weighted by Crippen LogP contribution is -2.25. The normalized spacial score (nSPS) is 24.8. The fourth-order valence-electron chi connectivity index (χ4n) is 1.87. The van der Waals surface area contributed by atoms with Gasteiger partial charge in [0.25, 0.3) is 0 Å². The number of nitrogens with zero attached hydrogens (tertiary/aromatic N) is 1. The van der Waals surface area contributed by atoms with Crippen LogP contribution >= 0.6 is 0 Å². The highest BCUT2D eigenvalue weighted by Gasteiger charge is 2.27. The van der Waals surface area contributed by atoms with Gasteiger partial charge in [-0.3, -0.25) is 0 Å². The van der Waals surface area contributed by atoms with Crippen LogP contribution in [0.4, 0.5) is 0 Å². The van der Waals surface area contributed by atoms with Gasteiger partial charge in [0.1, 0.15) is 17.9 Å². The fraction of sp³-hybridized carbons (Fsp3) is 0.417. The number of nitriles is 1. The predicted octanol–water partition coefficient (Wildman–Crippen LogP) is 1.85. The highest BCUT2D eigenvalue weighted by atomic mass is 16.5. The summed E-state index contributed by atoms with van der Waals surface area (Å²) in [5.74, 6) is 0.575. The van der Waals surface area contributed by atoms with Crippen molar-refractivity contribution >= 4 is 0 Å². The number of benzene rings is 1. The van der Waals surface area contributed by atoms with Gasteiger partial charge in [-0.05, 0) is 31.4 Å². The average Bonchev–Trinajstić information content (AvgIpc) is 2.65. The van der Waals surface area contributed by atoms with Crippen LogP contribution in [0.25, 0.3) is 0 Å². The van der Waals surface area contributed by atoms with Crippen molar-refractivity contribution < 1.29 is 9.84 Å². The first-order valence-electron chi connectivity index (χ1n) is 5.15. The highest BCUT2D eigenvalue weighted by molar-refractivity contribution is 5.42. The smallest absolute Gasteiger partial charge is 0.137 e. The summed E-state index contributed by atoms with van der Waals surface area (Å²) in [5, 5.41) is 18.5. The standard InChI is InChI=1S/C12H13NO2/c13-8-9-4-1-2-6-11(9)15-12-7-3-5-10(12)14/h1-2,4,6,10,12,14H,3,5,7H2/t10-,12-/m1/s1. The minimum atomic E-state index is -0.392. The van der Waals surface area contributed by atoms with E-state index in [-0.39, 0.29) is 6.10 Å². The molecule has 3 heteroatoms. The molecule has 1 aliphatic rings. The van der Waals surface area contributed by atoms with E-state index in [1.165, 1.54) is 0 Å². The molecular formula is C12H13NO2. The van der Waals surface area contributed by atoms with Gasteiger partial charge < -0.3 is 9.84 Å². The quantitative estimate of drug-likeness (QED) is 0.798. The molecule has 1 aromatic carbocycles. The molecule has 78 valence electrons. The third kappa shape index (κ3) is 2.11. The second-order valence-electron chi connectivity index (χ2n) is 3.76. The molecule has 2 rings (SSSR count). The van der Waals surface area contributed by atoms with Crippen LogP contribution in [0, 0.1) is 11.3 Å². The molecule has 0 spiro atoms. The zero-order valence-corrected chi connectivity index (χ0v) is 8.39. The maximum atomic E-state index is 9.61. The molecule has 0 bridgehead atoms. The molecule has 0 radical (unpaired) electrons. The van der Waals surface area contributed by atoms with Crippen molar-refractivity contribution in [2.75, 3.05) is 0 Å². The molecule has 1 N–H and O–H groups in total. The third-order valence-corrected chi connectivity index (χ3v) is 2.70. The Labute approximate surface area is 88.9 Å². The summed E-state index contributed by atoms with van der Waals surface area (Å²) < 4.78 is 5.64. The van der Waals surface area contributed by atoms with Crippen molar-refractivity contribution in [1.82, 2.24) is 0 Å².